The van der Waals surface area contributed by atoms with Gasteiger partial charge in [-0.05, 0) is 24.3 Å². The SMILES string of the molecule is COc1ccccc1Cc1nc(-c2ccc(OC)c(OC)c2)no1. The van der Waals surface area contributed by atoms with Crippen LogP contribution in [-0.2, 0) is 6.42 Å². The molecule has 124 valence electrons. The minimum Gasteiger partial charge on any atom is -0.496 e. The Kier molecular flexibility index (Phi) is 4.65. The fourth-order valence-corrected chi connectivity index (χ4v) is 2.43. The van der Waals surface area contributed by atoms with Crippen molar-refractivity contribution in [2.75, 3.05) is 21.3 Å². The molecule has 0 fully saturated rings. The molecule has 3 rings (SSSR count). The van der Waals surface area contributed by atoms with E-state index in [2.05, 4.69) is 10.1 Å². The van der Waals surface area contributed by atoms with E-state index in [-0.39, 0.29) is 0 Å². The van der Waals surface area contributed by atoms with Gasteiger partial charge in [0.05, 0.1) is 27.8 Å². The van der Waals surface area contributed by atoms with Crippen molar-refractivity contribution >= 4 is 0 Å². The smallest absolute Gasteiger partial charge is 0.231 e. The lowest BCUT2D eigenvalue weighted by molar-refractivity contribution is 0.355. The fourth-order valence-electron chi connectivity index (χ4n) is 2.43. The Morgan fingerprint density at radius 1 is 0.875 bits per heavy atom. The zero-order chi connectivity index (χ0) is 16.9. The zero-order valence-corrected chi connectivity index (χ0v) is 13.8. The molecule has 0 unspecified atom stereocenters. The van der Waals surface area contributed by atoms with Crippen molar-refractivity contribution in [2.45, 2.75) is 6.42 Å². The highest BCUT2D eigenvalue weighted by Crippen LogP contribution is 2.31. The number of hydrogen-bond acceptors (Lipinski definition) is 6. The predicted octanol–water partition coefficient (Wildman–Crippen LogP) is 3.35. The van der Waals surface area contributed by atoms with Crippen LogP contribution < -0.4 is 14.2 Å². The van der Waals surface area contributed by atoms with Crippen molar-refractivity contribution in [1.29, 1.82) is 0 Å². The molecule has 6 heteroatoms. The second-order valence-corrected chi connectivity index (χ2v) is 5.07. The summed E-state index contributed by atoms with van der Waals surface area (Å²) in [5.41, 5.74) is 1.78. The molecule has 3 aromatic rings. The van der Waals surface area contributed by atoms with E-state index < -0.39 is 0 Å². The van der Waals surface area contributed by atoms with E-state index in [4.69, 9.17) is 18.7 Å². The molecule has 0 saturated carbocycles. The standard InChI is InChI=1S/C18H18N2O4/c1-21-14-7-5-4-6-12(14)11-17-19-18(20-24-17)13-8-9-15(22-2)16(10-13)23-3/h4-10H,11H2,1-3H3. The third-order valence-corrected chi connectivity index (χ3v) is 3.64. The Labute approximate surface area is 140 Å². The van der Waals surface area contributed by atoms with Crippen LogP contribution in [0.3, 0.4) is 0 Å². The highest BCUT2D eigenvalue weighted by Gasteiger charge is 2.13. The summed E-state index contributed by atoms with van der Waals surface area (Å²) in [4.78, 5) is 4.45. The van der Waals surface area contributed by atoms with Crippen molar-refractivity contribution in [1.82, 2.24) is 10.1 Å². The molecule has 24 heavy (non-hydrogen) atoms. The number of para-hydroxylation sites is 1. The average Bonchev–Trinajstić information content (AvgIpc) is 3.10. The summed E-state index contributed by atoms with van der Waals surface area (Å²) < 4.78 is 21.2. The van der Waals surface area contributed by atoms with Gasteiger partial charge in [-0.2, -0.15) is 4.98 Å². The summed E-state index contributed by atoms with van der Waals surface area (Å²) in [5.74, 6) is 3.08. The van der Waals surface area contributed by atoms with Crippen LogP contribution in [0, 0.1) is 0 Å². The predicted molar refractivity (Wildman–Crippen MR) is 88.6 cm³/mol. The number of ether oxygens (including phenoxy) is 3. The molecule has 0 aliphatic heterocycles. The quantitative estimate of drug-likeness (QED) is 0.692. The lowest BCUT2D eigenvalue weighted by Crippen LogP contribution is -1.94. The molecule has 0 saturated heterocycles. The first-order valence-electron chi connectivity index (χ1n) is 7.42. The number of hydrogen-bond donors (Lipinski definition) is 0. The van der Waals surface area contributed by atoms with Crippen LogP contribution in [-0.4, -0.2) is 31.5 Å². The summed E-state index contributed by atoms with van der Waals surface area (Å²) in [6, 6.07) is 13.2. The van der Waals surface area contributed by atoms with Gasteiger partial charge in [0.15, 0.2) is 11.5 Å². The molecule has 0 amide bonds. The van der Waals surface area contributed by atoms with Gasteiger partial charge < -0.3 is 18.7 Å². The summed E-state index contributed by atoms with van der Waals surface area (Å²) in [6.45, 7) is 0. The molecular formula is C18H18N2O4. The maximum absolute atomic E-state index is 5.36. The van der Waals surface area contributed by atoms with E-state index in [0.717, 1.165) is 16.9 Å². The molecule has 0 radical (unpaired) electrons. The van der Waals surface area contributed by atoms with Crippen LogP contribution in [0.5, 0.6) is 17.2 Å². The Bertz CT molecular complexity index is 829. The second-order valence-electron chi connectivity index (χ2n) is 5.07. The number of benzene rings is 2. The largest absolute Gasteiger partial charge is 0.496 e. The molecule has 0 aliphatic rings. The second kappa shape index (κ2) is 7.04. The van der Waals surface area contributed by atoms with Gasteiger partial charge in [-0.25, -0.2) is 0 Å². The van der Waals surface area contributed by atoms with Crippen LogP contribution in [0.1, 0.15) is 11.5 Å². The van der Waals surface area contributed by atoms with Crippen molar-refractivity contribution in [3.63, 3.8) is 0 Å². The first-order valence-corrected chi connectivity index (χ1v) is 7.42. The van der Waals surface area contributed by atoms with Crippen molar-refractivity contribution in [2.24, 2.45) is 0 Å². The molecule has 2 aromatic carbocycles. The Morgan fingerprint density at radius 2 is 1.62 bits per heavy atom. The van der Waals surface area contributed by atoms with E-state index in [0.29, 0.717) is 29.6 Å². The number of nitrogens with zero attached hydrogens (tertiary/aromatic N) is 2. The van der Waals surface area contributed by atoms with Crippen LogP contribution in [0.25, 0.3) is 11.4 Å². The van der Waals surface area contributed by atoms with Gasteiger partial charge in [-0.1, -0.05) is 23.4 Å². The Balaban J connectivity index is 1.85. The molecule has 1 aromatic heterocycles. The van der Waals surface area contributed by atoms with Crippen LogP contribution in [0.2, 0.25) is 0 Å². The highest BCUT2D eigenvalue weighted by molar-refractivity contribution is 5.60. The Morgan fingerprint density at radius 3 is 2.38 bits per heavy atom. The van der Waals surface area contributed by atoms with Gasteiger partial charge >= 0.3 is 0 Å². The Hall–Kier alpha value is -3.02. The lowest BCUT2D eigenvalue weighted by atomic mass is 10.1. The van der Waals surface area contributed by atoms with Gasteiger partial charge in [-0.3, -0.25) is 0 Å². The lowest BCUT2D eigenvalue weighted by Gasteiger charge is -2.07. The van der Waals surface area contributed by atoms with Crippen LogP contribution >= 0.6 is 0 Å². The summed E-state index contributed by atoms with van der Waals surface area (Å²) in [5, 5.41) is 4.05. The summed E-state index contributed by atoms with van der Waals surface area (Å²) >= 11 is 0. The third kappa shape index (κ3) is 3.17. The minimum atomic E-state index is 0.501. The zero-order valence-electron chi connectivity index (χ0n) is 13.8. The molecule has 0 aliphatic carbocycles. The van der Waals surface area contributed by atoms with E-state index >= 15 is 0 Å². The number of methoxy groups -OCH3 is 3. The molecule has 0 N–H and O–H groups in total. The molecule has 6 nitrogen and oxygen atoms in total. The first-order chi connectivity index (χ1) is 11.7. The third-order valence-electron chi connectivity index (χ3n) is 3.64. The van der Waals surface area contributed by atoms with E-state index in [1.165, 1.54) is 0 Å². The normalized spacial score (nSPS) is 10.5. The van der Waals surface area contributed by atoms with Gasteiger partial charge in [-0.15, -0.1) is 0 Å². The van der Waals surface area contributed by atoms with Gasteiger partial charge in [0.2, 0.25) is 11.7 Å². The van der Waals surface area contributed by atoms with Crippen LogP contribution in [0.4, 0.5) is 0 Å². The topological polar surface area (TPSA) is 66.6 Å². The maximum Gasteiger partial charge on any atom is 0.231 e. The van der Waals surface area contributed by atoms with E-state index in [1.807, 2.05) is 42.5 Å². The number of aromatic nitrogens is 2. The van der Waals surface area contributed by atoms with Crippen molar-refractivity contribution in [3.8, 4) is 28.6 Å². The molecular weight excluding hydrogens is 308 g/mol. The maximum atomic E-state index is 5.36. The minimum absolute atomic E-state index is 0.501. The average molecular weight is 326 g/mol. The summed E-state index contributed by atoms with van der Waals surface area (Å²) in [7, 11) is 4.82. The summed E-state index contributed by atoms with van der Waals surface area (Å²) in [6.07, 6.45) is 0.504. The van der Waals surface area contributed by atoms with Crippen LogP contribution in [0.15, 0.2) is 47.0 Å². The molecule has 1 heterocycles. The van der Waals surface area contributed by atoms with Crippen molar-refractivity contribution in [3.05, 3.63) is 53.9 Å². The fraction of sp³-hybridized carbons (Fsp3) is 0.222. The van der Waals surface area contributed by atoms with Gasteiger partial charge in [0.1, 0.15) is 5.75 Å². The van der Waals surface area contributed by atoms with E-state index in [9.17, 15) is 0 Å². The highest BCUT2D eigenvalue weighted by atomic mass is 16.5. The molecule has 0 spiro atoms. The molecule has 0 atom stereocenters. The monoisotopic (exact) mass is 326 g/mol. The van der Waals surface area contributed by atoms with Gasteiger partial charge in [0, 0.05) is 11.1 Å². The van der Waals surface area contributed by atoms with E-state index in [1.54, 1.807) is 21.3 Å². The van der Waals surface area contributed by atoms with Gasteiger partial charge in [0.25, 0.3) is 0 Å². The molecule has 0 bridgehead atoms. The van der Waals surface area contributed by atoms with Crippen molar-refractivity contribution < 1.29 is 18.7 Å². The number of rotatable bonds is 6. The first kappa shape index (κ1) is 15.9.